The molecule has 2 N–H and O–H groups in total. The van der Waals surface area contributed by atoms with Gasteiger partial charge in [0.1, 0.15) is 12.1 Å². The number of hydrogen-bond donors (Lipinski definition) is 2. The number of fused-ring (bicyclic) bond motifs is 4. The molecule has 2 saturated heterocycles. The van der Waals surface area contributed by atoms with Crippen LogP contribution in [0.15, 0.2) is 78.9 Å². The highest BCUT2D eigenvalue weighted by molar-refractivity contribution is 6.26. The minimum absolute atomic E-state index is 0.219. The van der Waals surface area contributed by atoms with Gasteiger partial charge in [0.2, 0.25) is 17.7 Å². The van der Waals surface area contributed by atoms with Gasteiger partial charge in [-0.05, 0) is 44.2 Å². The summed E-state index contributed by atoms with van der Waals surface area (Å²) >= 11 is 0. The number of carbonyl (C=O) groups excluding carboxylic acids is 4. The van der Waals surface area contributed by atoms with E-state index in [0.29, 0.717) is 22.6 Å². The molecular formula is C29H26N4O4. The van der Waals surface area contributed by atoms with Gasteiger partial charge < -0.3 is 10.2 Å². The number of benzene rings is 3. The SMILES string of the molecule is Cc1ccc(N2C(=O)[C@@H]3[C@H](C)N[C@@]4(C(=O)N(CC(=O)Nc5ccccc5)c5ccccc54)[C@@H]3C2=O)cc1. The molecular weight excluding hydrogens is 468 g/mol. The third-order valence-corrected chi connectivity index (χ3v) is 7.67. The third-order valence-electron chi connectivity index (χ3n) is 7.67. The van der Waals surface area contributed by atoms with Crippen molar-refractivity contribution in [1.29, 1.82) is 0 Å². The average Bonchev–Trinajstić information content (AvgIpc) is 3.44. The minimum atomic E-state index is -1.43. The first-order valence-corrected chi connectivity index (χ1v) is 12.3. The van der Waals surface area contributed by atoms with Crippen LogP contribution in [-0.2, 0) is 24.7 Å². The fourth-order valence-electron chi connectivity index (χ4n) is 6.08. The number of amides is 4. The fraction of sp³-hybridized carbons (Fsp3) is 0.241. The second kappa shape index (κ2) is 8.38. The molecule has 0 radical (unpaired) electrons. The average molecular weight is 495 g/mol. The van der Waals surface area contributed by atoms with Crippen LogP contribution in [0.1, 0.15) is 18.1 Å². The number of anilines is 3. The molecule has 2 fully saturated rings. The lowest BCUT2D eigenvalue weighted by Crippen LogP contribution is -2.55. The summed E-state index contributed by atoms with van der Waals surface area (Å²) in [6.45, 7) is 3.55. The number of rotatable bonds is 4. The number of para-hydroxylation sites is 2. The van der Waals surface area contributed by atoms with Crippen LogP contribution < -0.4 is 20.4 Å². The van der Waals surface area contributed by atoms with Gasteiger partial charge in [-0.1, -0.05) is 54.1 Å². The molecule has 0 aliphatic carbocycles. The van der Waals surface area contributed by atoms with Gasteiger partial charge in [-0.15, -0.1) is 0 Å². The van der Waals surface area contributed by atoms with Crippen LogP contribution in [0.25, 0.3) is 0 Å². The molecule has 0 bridgehead atoms. The van der Waals surface area contributed by atoms with Crippen molar-refractivity contribution in [2.75, 3.05) is 21.7 Å². The van der Waals surface area contributed by atoms with Crippen LogP contribution in [-0.4, -0.2) is 36.2 Å². The van der Waals surface area contributed by atoms with E-state index in [1.165, 1.54) is 9.80 Å². The summed E-state index contributed by atoms with van der Waals surface area (Å²) in [5.41, 5.74) is 1.87. The van der Waals surface area contributed by atoms with Crippen molar-refractivity contribution >= 4 is 40.7 Å². The zero-order valence-electron chi connectivity index (χ0n) is 20.5. The van der Waals surface area contributed by atoms with Gasteiger partial charge in [-0.25, -0.2) is 4.90 Å². The first-order valence-electron chi connectivity index (χ1n) is 12.3. The van der Waals surface area contributed by atoms with Crippen LogP contribution in [0.4, 0.5) is 17.1 Å². The van der Waals surface area contributed by atoms with E-state index in [-0.39, 0.29) is 18.4 Å². The van der Waals surface area contributed by atoms with E-state index in [4.69, 9.17) is 0 Å². The third kappa shape index (κ3) is 3.33. The van der Waals surface area contributed by atoms with Gasteiger partial charge in [0.25, 0.3) is 5.91 Å². The summed E-state index contributed by atoms with van der Waals surface area (Å²) in [7, 11) is 0. The Bertz CT molecular complexity index is 1440. The Morgan fingerprint density at radius 3 is 2.32 bits per heavy atom. The highest BCUT2D eigenvalue weighted by Crippen LogP contribution is 2.54. The Morgan fingerprint density at radius 1 is 0.919 bits per heavy atom. The smallest absolute Gasteiger partial charge is 0.253 e. The highest BCUT2D eigenvalue weighted by atomic mass is 16.2. The Hall–Kier alpha value is -4.30. The Balaban J connectivity index is 1.38. The Morgan fingerprint density at radius 2 is 1.59 bits per heavy atom. The van der Waals surface area contributed by atoms with Crippen LogP contribution in [0.2, 0.25) is 0 Å². The molecule has 6 rings (SSSR count). The molecule has 37 heavy (non-hydrogen) atoms. The molecule has 1 spiro atoms. The summed E-state index contributed by atoms with van der Waals surface area (Å²) < 4.78 is 0. The van der Waals surface area contributed by atoms with E-state index < -0.39 is 35.2 Å². The lowest BCUT2D eigenvalue weighted by Gasteiger charge is -2.30. The largest absolute Gasteiger partial charge is 0.325 e. The minimum Gasteiger partial charge on any atom is -0.325 e. The Kier molecular flexibility index (Phi) is 5.24. The van der Waals surface area contributed by atoms with E-state index >= 15 is 0 Å². The van der Waals surface area contributed by atoms with Crippen molar-refractivity contribution in [3.63, 3.8) is 0 Å². The standard InChI is InChI=1S/C29H26N4O4/c1-17-12-14-20(15-13-17)33-26(35)24-18(2)31-29(25(24)27(33)36)21-10-6-7-11-22(21)32(28(29)37)16-23(34)30-19-8-4-3-5-9-19/h3-15,18,24-25,31H,16H2,1-2H3,(H,30,34)/t18-,24+,25-,29+/m0/s1. The molecule has 8 nitrogen and oxygen atoms in total. The summed E-state index contributed by atoms with van der Waals surface area (Å²) in [5, 5.41) is 6.16. The van der Waals surface area contributed by atoms with Crippen molar-refractivity contribution in [1.82, 2.24) is 5.32 Å². The number of nitrogens with zero attached hydrogens (tertiary/aromatic N) is 2. The maximum atomic E-state index is 14.2. The van der Waals surface area contributed by atoms with Crippen molar-refractivity contribution in [2.45, 2.75) is 25.4 Å². The molecule has 4 atom stereocenters. The van der Waals surface area contributed by atoms with Gasteiger partial charge in [0.15, 0.2) is 0 Å². The van der Waals surface area contributed by atoms with Crippen molar-refractivity contribution < 1.29 is 19.2 Å². The molecule has 3 aliphatic heterocycles. The number of nitrogens with one attached hydrogen (secondary N) is 2. The van der Waals surface area contributed by atoms with Crippen molar-refractivity contribution in [2.24, 2.45) is 11.8 Å². The summed E-state index contributed by atoms with van der Waals surface area (Å²) in [6.07, 6.45) is 0. The zero-order chi connectivity index (χ0) is 25.9. The number of hydrogen-bond acceptors (Lipinski definition) is 5. The van der Waals surface area contributed by atoms with E-state index in [2.05, 4.69) is 10.6 Å². The van der Waals surface area contributed by atoms with E-state index in [0.717, 1.165) is 5.56 Å². The van der Waals surface area contributed by atoms with Crippen LogP contribution in [0.3, 0.4) is 0 Å². The Labute approximate surface area is 214 Å². The second-order valence-electron chi connectivity index (χ2n) is 9.91. The maximum Gasteiger partial charge on any atom is 0.253 e. The summed E-state index contributed by atoms with van der Waals surface area (Å²) in [5.74, 6) is -3.11. The maximum absolute atomic E-state index is 14.2. The summed E-state index contributed by atoms with van der Waals surface area (Å²) in [4.78, 5) is 57.3. The van der Waals surface area contributed by atoms with Gasteiger partial charge in [-0.3, -0.25) is 24.5 Å². The molecule has 3 aromatic rings. The molecule has 3 aromatic carbocycles. The number of imide groups is 1. The van der Waals surface area contributed by atoms with Gasteiger partial charge in [0, 0.05) is 23.0 Å². The summed E-state index contributed by atoms with van der Waals surface area (Å²) in [6, 6.07) is 23.0. The molecule has 3 heterocycles. The molecule has 4 amide bonds. The van der Waals surface area contributed by atoms with Gasteiger partial charge in [0.05, 0.1) is 17.5 Å². The molecule has 0 aromatic heterocycles. The zero-order valence-corrected chi connectivity index (χ0v) is 20.5. The molecule has 186 valence electrons. The van der Waals surface area contributed by atoms with E-state index in [9.17, 15) is 19.2 Å². The van der Waals surface area contributed by atoms with Crippen molar-refractivity contribution in [3.8, 4) is 0 Å². The van der Waals surface area contributed by atoms with Crippen LogP contribution >= 0.6 is 0 Å². The molecule has 0 saturated carbocycles. The van der Waals surface area contributed by atoms with Crippen LogP contribution in [0, 0.1) is 18.8 Å². The predicted molar refractivity (Wildman–Crippen MR) is 139 cm³/mol. The molecule has 0 unspecified atom stereocenters. The highest BCUT2D eigenvalue weighted by Gasteiger charge is 2.71. The first kappa shape index (κ1) is 23.1. The predicted octanol–water partition coefficient (Wildman–Crippen LogP) is 2.97. The monoisotopic (exact) mass is 494 g/mol. The normalized spacial score (nSPS) is 26.1. The van der Waals surface area contributed by atoms with Gasteiger partial charge >= 0.3 is 0 Å². The van der Waals surface area contributed by atoms with Crippen LogP contribution in [0.5, 0.6) is 0 Å². The van der Waals surface area contributed by atoms with Gasteiger partial charge in [-0.2, -0.15) is 0 Å². The molecule has 3 aliphatic rings. The molecule has 8 heteroatoms. The second-order valence-corrected chi connectivity index (χ2v) is 9.91. The first-order chi connectivity index (χ1) is 17.8. The number of carbonyl (C=O) groups is 4. The topological polar surface area (TPSA) is 98.8 Å². The lowest BCUT2D eigenvalue weighted by atomic mass is 9.76. The van der Waals surface area contributed by atoms with Crippen molar-refractivity contribution in [3.05, 3.63) is 90.0 Å². The van der Waals surface area contributed by atoms with E-state index in [1.54, 1.807) is 48.5 Å². The lowest BCUT2D eigenvalue weighted by molar-refractivity contribution is -0.132. The van der Waals surface area contributed by atoms with E-state index in [1.807, 2.05) is 44.2 Å². The quantitative estimate of drug-likeness (QED) is 0.544. The fourth-order valence-corrected chi connectivity index (χ4v) is 6.08. The number of aryl methyl sites for hydroxylation is 1.